The van der Waals surface area contributed by atoms with Crippen LogP contribution in [-0.2, 0) is 6.54 Å². The van der Waals surface area contributed by atoms with E-state index in [1.54, 1.807) is 0 Å². The molecule has 0 saturated heterocycles. The highest BCUT2D eigenvalue weighted by molar-refractivity contribution is 5.43. The average Bonchev–Trinajstić information content (AvgIpc) is 2.55. The molecule has 2 aromatic carbocycles. The Kier molecular flexibility index (Phi) is 9.03. The van der Waals surface area contributed by atoms with Crippen LogP contribution in [0, 0.1) is 6.92 Å². The molecule has 0 atom stereocenters. The maximum Gasteiger partial charge on any atom is 0.0490 e. The van der Waals surface area contributed by atoms with E-state index < -0.39 is 0 Å². The highest BCUT2D eigenvalue weighted by Crippen LogP contribution is 2.09. The summed E-state index contributed by atoms with van der Waals surface area (Å²) in [4.78, 5) is 2.16. The summed E-state index contributed by atoms with van der Waals surface area (Å²) < 4.78 is 0. The van der Waals surface area contributed by atoms with Gasteiger partial charge in [-0.15, -0.1) is 0 Å². The number of nitrogens with zero attached hydrogens (tertiary/aromatic N) is 2. The molecule has 0 spiro atoms. The Bertz CT molecular complexity index is 516. The van der Waals surface area contributed by atoms with Crippen molar-refractivity contribution in [2.45, 2.75) is 27.3 Å². The zero-order valence-corrected chi connectivity index (χ0v) is 15.2. The minimum absolute atomic E-state index is 1.02. The lowest BCUT2D eigenvalue weighted by Gasteiger charge is -2.20. The summed E-state index contributed by atoms with van der Waals surface area (Å²) in [5.74, 6) is 0. The van der Waals surface area contributed by atoms with Crippen LogP contribution in [-0.4, -0.2) is 37.1 Å². The third kappa shape index (κ3) is 8.38. The topological polar surface area (TPSA) is 18.5 Å². The molecule has 2 aromatic rings. The molecule has 0 aliphatic heterocycles. The van der Waals surface area contributed by atoms with Gasteiger partial charge in [0.25, 0.3) is 0 Å². The van der Waals surface area contributed by atoms with Crippen LogP contribution in [0.2, 0.25) is 0 Å². The summed E-state index contributed by atoms with van der Waals surface area (Å²) in [7, 11) is 4.15. The van der Waals surface area contributed by atoms with Crippen LogP contribution < -0.4 is 5.43 Å². The lowest BCUT2D eigenvalue weighted by molar-refractivity contribution is 0.367. The number of hydrazine groups is 1. The van der Waals surface area contributed by atoms with Gasteiger partial charge in [-0.3, -0.25) is 0 Å². The minimum Gasteiger partial charge on any atom is -0.319 e. The molecule has 0 unspecified atom stereocenters. The molecule has 2 rings (SSSR count). The number of aryl methyl sites for hydroxylation is 1. The number of benzene rings is 2. The SMILES string of the molecule is CCN(CC)Nc1ccc(C)cc1.CN(C)Cc1ccccc1. The van der Waals surface area contributed by atoms with Crippen molar-refractivity contribution in [2.75, 3.05) is 32.6 Å². The first-order valence-corrected chi connectivity index (χ1v) is 8.32. The fraction of sp³-hybridized carbons (Fsp3) is 0.400. The number of hydrogen-bond acceptors (Lipinski definition) is 3. The Morgan fingerprint density at radius 2 is 1.39 bits per heavy atom. The normalized spacial score (nSPS) is 10.4. The average molecular weight is 313 g/mol. The molecule has 0 aliphatic carbocycles. The first-order valence-electron chi connectivity index (χ1n) is 8.32. The van der Waals surface area contributed by atoms with E-state index in [2.05, 4.69) is 98.7 Å². The quantitative estimate of drug-likeness (QED) is 0.797. The summed E-state index contributed by atoms with van der Waals surface area (Å²) in [6.45, 7) is 9.45. The molecular weight excluding hydrogens is 282 g/mol. The zero-order chi connectivity index (χ0) is 17.1. The van der Waals surface area contributed by atoms with Crippen LogP contribution in [0.5, 0.6) is 0 Å². The lowest BCUT2D eigenvalue weighted by Crippen LogP contribution is -2.29. The van der Waals surface area contributed by atoms with Gasteiger partial charge in [-0.2, -0.15) is 0 Å². The molecular formula is C20H31N3. The number of rotatable bonds is 6. The molecule has 0 fully saturated rings. The predicted molar refractivity (Wildman–Crippen MR) is 102 cm³/mol. The summed E-state index contributed by atoms with van der Waals surface area (Å²) in [5, 5.41) is 2.17. The fourth-order valence-corrected chi connectivity index (χ4v) is 2.14. The van der Waals surface area contributed by atoms with Crippen molar-refractivity contribution in [3.63, 3.8) is 0 Å². The van der Waals surface area contributed by atoms with Gasteiger partial charge < -0.3 is 10.3 Å². The summed E-state index contributed by atoms with van der Waals surface area (Å²) >= 11 is 0. The van der Waals surface area contributed by atoms with Gasteiger partial charge in [0, 0.05) is 25.3 Å². The molecule has 0 saturated carbocycles. The second-order valence-corrected chi connectivity index (χ2v) is 5.87. The molecule has 3 heteroatoms. The second kappa shape index (κ2) is 10.8. The number of hydrogen-bond donors (Lipinski definition) is 1. The number of anilines is 1. The van der Waals surface area contributed by atoms with E-state index in [0.717, 1.165) is 25.3 Å². The van der Waals surface area contributed by atoms with Crippen LogP contribution in [0.1, 0.15) is 25.0 Å². The van der Waals surface area contributed by atoms with Gasteiger partial charge in [-0.25, -0.2) is 5.01 Å². The monoisotopic (exact) mass is 313 g/mol. The van der Waals surface area contributed by atoms with Crippen molar-refractivity contribution in [1.82, 2.24) is 9.91 Å². The standard InChI is InChI=1S/C11H18N2.C9H13N/c1-4-13(5-2)12-11-8-6-10(3)7-9-11;1-10(2)8-9-6-4-3-5-7-9/h6-9,12H,4-5H2,1-3H3;3-7H,8H2,1-2H3. The van der Waals surface area contributed by atoms with E-state index in [1.807, 2.05) is 6.07 Å². The van der Waals surface area contributed by atoms with E-state index >= 15 is 0 Å². The maximum absolute atomic E-state index is 3.34. The molecule has 0 aliphatic rings. The van der Waals surface area contributed by atoms with Crippen LogP contribution in [0.3, 0.4) is 0 Å². The van der Waals surface area contributed by atoms with Crippen LogP contribution in [0.4, 0.5) is 5.69 Å². The molecule has 23 heavy (non-hydrogen) atoms. The van der Waals surface area contributed by atoms with Crippen molar-refractivity contribution < 1.29 is 0 Å². The molecule has 0 bridgehead atoms. The Morgan fingerprint density at radius 1 is 0.826 bits per heavy atom. The molecule has 0 aromatic heterocycles. The molecule has 1 N–H and O–H groups in total. The van der Waals surface area contributed by atoms with Gasteiger partial charge in [0.2, 0.25) is 0 Å². The second-order valence-electron chi connectivity index (χ2n) is 5.87. The Morgan fingerprint density at radius 3 is 1.87 bits per heavy atom. The van der Waals surface area contributed by atoms with Crippen molar-refractivity contribution in [2.24, 2.45) is 0 Å². The first-order chi connectivity index (χ1) is 11.0. The van der Waals surface area contributed by atoms with E-state index in [9.17, 15) is 0 Å². The van der Waals surface area contributed by atoms with E-state index in [1.165, 1.54) is 11.1 Å². The van der Waals surface area contributed by atoms with Crippen LogP contribution in [0.25, 0.3) is 0 Å². The van der Waals surface area contributed by atoms with Crippen LogP contribution >= 0.6 is 0 Å². The van der Waals surface area contributed by atoms with Crippen molar-refractivity contribution in [1.29, 1.82) is 0 Å². The summed E-state index contributed by atoms with van der Waals surface area (Å²) in [6, 6.07) is 18.9. The fourth-order valence-electron chi connectivity index (χ4n) is 2.14. The Balaban J connectivity index is 0.000000238. The van der Waals surface area contributed by atoms with Gasteiger partial charge >= 0.3 is 0 Å². The smallest absolute Gasteiger partial charge is 0.0490 e. The highest BCUT2D eigenvalue weighted by atomic mass is 15.5. The van der Waals surface area contributed by atoms with Gasteiger partial charge in [0.1, 0.15) is 0 Å². The predicted octanol–water partition coefficient (Wildman–Crippen LogP) is 4.41. The Hall–Kier alpha value is -1.84. The van der Waals surface area contributed by atoms with Crippen molar-refractivity contribution in [3.8, 4) is 0 Å². The van der Waals surface area contributed by atoms with Crippen LogP contribution in [0.15, 0.2) is 54.6 Å². The van der Waals surface area contributed by atoms with Gasteiger partial charge in [-0.1, -0.05) is 61.9 Å². The summed E-state index contributed by atoms with van der Waals surface area (Å²) in [5.41, 5.74) is 7.16. The highest BCUT2D eigenvalue weighted by Gasteiger charge is 1.97. The van der Waals surface area contributed by atoms with E-state index in [4.69, 9.17) is 0 Å². The first kappa shape index (κ1) is 19.2. The third-order valence-electron chi connectivity index (χ3n) is 3.44. The van der Waals surface area contributed by atoms with E-state index in [-0.39, 0.29) is 0 Å². The summed E-state index contributed by atoms with van der Waals surface area (Å²) in [6.07, 6.45) is 0. The Labute approximate surface area is 141 Å². The lowest BCUT2D eigenvalue weighted by atomic mass is 10.2. The number of nitrogens with one attached hydrogen (secondary N) is 1. The molecule has 0 heterocycles. The molecule has 0 radical (unpaired) electrons. The minimum atomic E-state index is 1.02. The van der Waals surface area contributed by atoms with Gasteiger partial charge in [0.05, 0.1) is 0 Å². The largest absolute Gasteiger partial charge is 0.319 e. The van der Waals surface area contributed by atoms with Gasteiger partial charge in [-0.05, 0) is 38.7 Å². The third-order valence-corrected chi connectivity index (χ3v) is 3.44. The maximum atomic E-state index is 3.34. The van der Waals surface area contributed by atoms with Crippen molar-refractivity contribution in [3.05, 3.63) is 65.7 Å². The molecule has 126 valence electrons. The van der Waals surface area contributed by atoms with Gasteiger partial charge in [0.15, 0.2) is 0 Å². The van der Waals surface area contributed by atoms with Crippen molar-refractivity contribution >= 4 is 5.69 Å². The van der Waals surface area contributed by atoms with E-state index in [0.29, 0.717) is 0 Å². The zero-order valence-electron chi connectivity index (χ0n) is 15.2. The molecule has 3 nitrogen and oxygen atoms in total. The molecule has 0 amide bonds.